The van der Waals surface area contributed by atoms with Crippen LogP contribution in [0.5, 0.6) is 0 Å². The van der Waals surface area contributed by atoms with Gasteiger partial charge in [-0.25, -0.2) is 19.2 Å². The Morgan fingerprint density at radius 2 is 2.12 bits per heavy atom. The van der Waals surface area contributed by atoms with Crippen LogP contribution in [0.15, 0.2) is 16.2 Å². The first-order chi connectivity index (χ1) is 15.4. The lowest BCUT2D eigenvalue weighted by molar-refractivity contribution is -0.0502. The van der Waals surface area contributed by atoms with E-state index in [0.717, 1.165) is 10.9 Å². The van der Waals surface area contributed by atoms with Crippen LogP contribution in [0.4, 0.5) is 5.95 Å². The van der Waals surface area contributed by atoms with Crippen molar-refractivity contribution in [2.24, 2.45) is 5.11 Å². The molecule has 8 N–H and O–H groups in total. The Kier molecular flexibility index (Phi) is 7.52. The minimum atomic E-state index is -5.15. The second-order valence-corrected chi connectivity index (χ2v) is 9.76. The quantitative estimate of drug-likeness (QED) is 0.0625. The molecular weight excluding hydrogens is 492 g/mol. The van der Waals surface area contributed by atoms with E-state index in [0.29, 0.717) is 0 Å². The first-order valence-corrected chi connectivity index (χ1v) is 12.0. The van der Waals surface area contributed by atoms with Crippen LogP contribution in [0, 0.1) is 0 Å². The van der Waals surface area contributed by atoms with Gasteiger partial charge in [-0.2, -0.15) is 9.29 Å². The average molecular weight is 511 g/mol. The van der Waals surface area contributed by atoms with E-state index in [1.807, 2.05) is 5.09 Å². The molecule has 1 aliphatic heterocycles. The highest BCUT2D eigenvalue weighted by Crippen LogP contribution is 2.57. The first kappa shape index (κ1) is 25.2. The van der Waals surface area contributed by atoms with Crippen molar-refractivity contribution in [3.8, 4) is 0 Å². The molecule has 2 aromatic rings. The van der Waals surface area contributed by atoms with Gasteiger partial charge < -0.3 is 30.5 Å². The number of aromatic nitrogens is 4. The van der Waals surface area contributed by atoms with Gasteiger partial charge in [0.05, 0.1) is 12.9 Å². The third-order valence-electron chi connectivity index (χ3n) is 4.26. The fourth-order valence-corrected chi connectivity index (χ4v) is 5.13. The number of H-pyrrole nitrogens is 1. The topological polar surface area (TPSA) is 293 Å². The summed E-state index contributed by atoms with van der Waals surface area (Å²) in [7, 11) is -9.97. The van der Waals surface area contributed by atoms with Crippen LogP contribution in [0.2, 0.25) is 0 Å². The number of nitrogen functional groups attached to an aromatic ring is 1. The van der Waals surface area contributed by atoms with Crippen molar-refractivity contribution in [3.05, 3.63) is 27.1 Å². The summed E-state index contributed by atoms with van der Waals surface area (Å²) >= 11 is 0. The minimum absolute atomic E-state index is 0.0572. The molecule has 19 nitrogen and oxygen atoms in total. The van der Waals surface area contributed by atoms with Crippen molar-refractivity contribution in [3.63, 3.8) is 0 Å². The molecule has 1 aliphatic rings. The maximum atomic E-state index is 12.0. The lowest BCUT2D eigenvalue weighted by atomic mass is 10.1. The highest BCUT2D eigenvalue weighted by atomic mass is 31.3. The highest BCUT2D eigenvalue weighted by molar-refractivity contribution is 7.62. The van der Waals surface area contributed by atoms with Crippen LogP contribution >= 0.6 is 15.6 Å². The minimum Gasteiger partial charge on any atom is -0.387 e. The number of anilines is 1. The number of phosphoric acid groups is 1. The fraction of sp³-hybridized carbons (Fsp3) is 0.583. The van der Waals surface area contributed by atoms with Crippen LogP contribution < -0.4 is 16.4 Å². The number of aromatic amines is 1. The van der Waals surface area contributed by atoms with Crippen molar-refractivity contribution in [2.45, 2.75) is 24.5 Å². The van der Waals surface area contributed by atoms with E-state index in [2.05, 4.69) is 33.8 Å². The second-order valence-electron chi connectivity index (χ2n) is 6.55. The SMILES string of the molecule is [N-]=[N+]=NCCNP(=O)(O)OP(=O)(O)OC[C@H]1O[C@@H](n2cnc3c(=O)[nH]c(N)nc32)C(O)C1O. The van der Waals surface area contributed by atoms with Crippen LogP contribution in [0.3, 0.4) is 0 Å². The van der Waals surface area contributed by atoms with Crippen LogP contribution in [-0.4, -0.2) is 77.5 Å². The van der Waals surface area contributed by atoms with E-state index in [4.69, 9.17) is 16.0 Å². The summed E-state index contributed by atoms with van der Waals surface area (Å²) in [5, 5.41) is 25.5. The molecule has 3 rings (SSSR count). The van der Waals surface area contributed by atoms with Gasteiger partial charge in [0.25, 0.3) is 5.56 Å². The van der Waals surface area contributed by atoms with Crippen molar-refractivity contribution in [2.75, 3.05) is 25.4 Å². The van der Waals surface area contributed by atoms with Crippen molar-refractivity contribution < 1.29 is 42.7 Å². The number of nitrogens with two attached hydrogens (primary N) is 1. The van der Waals surface area contributed by atoms with Gasteiger partial charge in [0.15, 0.2) is 17.4 Å². The Morgan fingerprint density at radius 3 is 2.82 bits per heavy atom. The van der Waals surface area contributed by atoms with Crippen LogP contribution in [-0.2, 0) is 22.7 Å². The Morgan fingerprint density at radius 1 is 1.39 bits per heavy atom. The summed E-state index contributed by atoms with van der Waals surface area (Å²) < 4.78 is 39.2. The largest absolute Gasteiger partial charge is 0.480 e. The van der Waals surface area contributed by atoms with Crippen molar-refractivity contribution in [1.29, 1.82) is 0 Å². The predicted octanol–water partition coefficient (Wildman–Crippen LogP) is -1.55. The molecule has 33 heavy (non-hydrogen) atoms. The lowest BCUT2D eigenvalue weighted by Gasteiger charge is -2.19. The normalized spacial score (nSPS) is 26.5. The van der Waals surface area contributed by atoms with Gasteiger partial charge >= 0.3 is 15.6 Å². The number of aliphatic hydroxyl groups excluding tert-OH is 2. The summed E-state index contributed by atoms with van der Waals surface area (Å²) in [5.41, 5.74) is 12.8. The Bertz CT molecular complexity index is 1210. The molecule has 0 amide bonds. The van der Waals surface area contributed by atoms with Gasteiger partial charge in [-0.3, -0.25) is 18.9 Å². The van der Waals surface area contributed by atoms with Gasteiger partial charge in [0.2, 0.25) is 5.95 Å². The molecule has 1 saturated heterocycles. The number of hydrogen-bond donors (Lipinski definition) is 7. The molecule has 1 fully saturated rings. The molecular formula is C12H19N9O10P2. The number of imidazole rings is 1. The molecule has 0 saturated carbocycles. The number of ether oxygens (including phenoxy) is 1. The number of fused-ring (bicyclic) bond motifs is 1. The fourth-order valence-electron chi connectivity index (χ4n) is 2.87. The van der Waals surface area contributed by atoms with Crippen LogP contribution in [0.1, 0.15) is 6.23 Å². The molecule has 21 heteroatoms. The molecule has 0 bridgehead atoms. The van der Waals surface area contributed by atoms with Gasteiger partial charge in [-0.15, -0.1) is 0 Å². The molecule has 0 spiro atoms. The van der Waals surface area contributed by atoms with Gasteiger partial charge in [-0.1, -0.05) is 5.11 Å². The number of phosphoric ester groups is 1. The van der Waals surface area contributed by atoms with E-state index in [-0.39, 0.29) is 30.2 Å². The first-order valence-electron chi connectivity index (χ1n) is 8.95. The third-order valence-corrected chi connectivity index (χ3v) is 7.07. The van der Waals surface area contributed by atoms with E-state index in [9.17, 15) is 33.9 Å². The molecule has 0 radical (unpaired) electrons. The second kappa shape index (κ2) is 9.84. The zero-order valence-corrected chi connectivity index (χ0v) is 18.2. The molecule has 2 aromatic heterocycles. The summed E-state index contributed by atoms with van der Waals surface area (Å²) in [6, 6.07) is 0. The molecule has 3 heterocycles. The zero-order valence-electron chi connectivity index (χ0n) is 16.4. The van der Waals surface area contributed by atoms with E-state index < -0.39 is 52.3 Å². The van der Waals surface area contributed by atoms with E-state index in [1.54, 1.807) is 0 Å². The van der Waals surface area contributed by atoms with Crippen molar-refractivity contribution in [1.82, 2.24) is 24.6 Å². The predicted molar refractivity (Wildman–Crippen MR) is 107 cm³/mol. The number of hydrogen-bond acceptors (Lipinski definition) is 12. The molecule has 182 valence electrons. The highest BCUT2D eigenvalue weighted by Gasteiger charge is 2.46. The van der Waals surface area contributed by atoms with Crippen LogP contribution in [0.25, 0.3) is 21.6 Å². The Labute approximate surface area is 183 Å². The summed E-state index contributed by atoms with van der Waals surface area (Å²) in [4.78, 5) is 43.6. The van der Waals surface area contributed by atoms with E-state index >= 15 is 0 Å². The lowest BCUT2D eigenvalue weighted by Crippen LogP contribution is -2.33. The number of nitrogens with zero attached hydrogens (tertiary/aromatic N) is 6. The van der Waals surface area contributed by atoms with Crippen molar-refractivity contribution >= 4 is 32.7 Å². The zero-order chi connectivity index (χ0) is 24.4. The maximum absolute atomic E-state index is 12.0. The van der Waals surface area contributed by atoms with Gasteiger partial charge in [-0.05, 0) is 5.53 Å². The maximum Gasteiger partial charge on any atom is 0.480 e. The number of azide groups is 1. The number of nitrogens with one attached hydrogen (secondary N) is 2. The molecule has 4 unspecified atom stereocenters. The van der Waals surface area contributed by atoms with Gasteiger partial charge in [0.1, 0.15) is 18.3 Å². The molecule has 0 aliphatic carbocycles. The molecule has 0 aromatic carbocycles. The third kappa shape index (κ3) is 5.94. The number of aliphatic hydroxyl groups is 2. The summed E-state index contributed by atoms with van der Waals surface area (Å²) in [6.45, 7) is -1.42. The summed E-state index contributed by atoms with van der Waals surface area (Å²) in [6.07, 6.45) is -4.88. The molecule has 6 atom stereocenters. The monoisotopic (exact) mass is 511 g/mol. The standard InChI is InChI=1S/C12H19N9O10P2/c13-12-18-9-6(10(24)19-12)15-4-21(9)11-8(23)7(22)5(30-11)3-29-33(27,28)31-32(25,26)17-2-1-16-20-14/h4-5,7-8,11,22-23H,1-3H2,(H,27,28)(H2,17,25,26)(H3,13,18,19,24)/t5-,7?,8?,11-/m1/s1. The van der Waals surface area contributed by atoms with Gasteiger partial charge in [0, 0.05) is 18.0 Å². The Hall–Kier alpha value is -2.40. The number of rotatable bonds is 10. The smallest absolute Gasteiger partial charge is 0.387 e. The summed E-state index contributed by atoms with van der Waals surface area (Å²) in [5.74, 6) is -0.234. The average Bonchev–Trinajstić information content (AvgIpc) is 3.25. The van der Waals surface area contributed by atoms with E-state index in [1.165, 1.54) is 0 Å². The Balaban J connectivity index is 1.66.